The zero-order valence-electron chi connectivity index (χ0n) is 13.5. The summed E-state index contributed by atoms with van der Waals surface area (Å²) in [6.45, 7) is 5.37. The van der Waals surface area contributed by atoms with E-state index < -0.39 is 11.6 Å². The molecule has 3 atom stereocenters. The molecule has 0 aromatic heterocycles. The third-order valence-corrected chi connectivity index (χ3v) is 6.72. The molecule has 126 valence electrons. The SMILES string of the molecule is C[C@]12CCC3(OCCO3)[C@@H](CCCO)[C@@H]1CCC21OCCO1. The monoisotopic (exact) mass is 312 g/mol. The van der Waals surface area contributed by atoms with Gasteiger partial charge < -0.3 is 24.1 Å². The van der Waals surface area contributed by atoms with Crippen LogP contribution in [0.25, 0.3) is 0 Å². The van der Waals surface area contributed by atoms with Gasteiger partial charge in [0.05, 0.1) is 26.4 Å². The third kappa shape index (κ3) is 1.96. The fourth-order valence-corrected chi connectivity index (χ4v) is 5.67. The van der Waals surface area contributed by atoms with Gasteiger partial charge in [0.2, 0.25) is 0 Å². The number of aliphatic hydroxyl groups is 1. The lowest BCUT2D eigenvalue weighted by Crippen LogP contribution is -2.57. The fourth-order valence-electron chi connectivity index (χ4n) is 5.67. The molecule has 1 N–H and O–H groups in total. The standard InChI is InChI=1S/C17H28O5/c1-15-6-7-16(19-9-10-20-16)14(3-2-8-18)13(15)4-5-17(15)21-11-12-22-17/h13-14,18H,2-12H2,1H3/t13-,14-,15-/m0/s1. The molecule has 0 amide bonds. The summed E-state index contributed by atoms with van der Waals surface area (Å²) in [6, 6.07) is 0. The molecule has 0 radical (unpaired) electrons. The Labute approximate surface area is 132 Å². The second kappa shape index (κ2) is 5.42. The maximum absolute atomic E-state index is 9.31. The van der Waals surface area contributed by atoms with E-state index in [0.717, 1.165) is 38.5 Å². The van der Waals surface area contributed by atoms with Gasteiger partial charge in [0.15, 0.2) is 11.6 Å². The van der Waals surface area contributed by atoms with E-state index in [1.54, 1.807) is 0 Å². The quantitative estimate of drug-likeness (QED) is 0.864. The number of rotatable bonds is 3. The number of hydrogen-bond donors (Lipinski definition) is 1. The highest BCUT2D eigenvalue weighted by molar-refractivity contribution is 5.11. The normalized spacial score (nSPS) is 42.3. The Bertz CT molecular complexity index is 413. The highest BCUT2D eigenvalue weighted by atomic mass is 16.7. The maximum Gasteiger partial charge on any atom is 0.174 e. The topological polar surface area (TPSA) is 57.2 Å². The van der Waals surface area contributed by atoms with Gasteiger partial charge >= 0.3 is 0 Å². The minimum atomic E-state index is -0.427. The van der Waals surface area contributed by atoms with E-state index in [1.165, 1.54) is 0 Å². The van der Waals surface area contributed by atoms with Gasteiger partial charge in [-0.25, -0.2) is 0 Å². The van der Waals surface area contributed by atoms with E-state index in [9.17, 15) is 5.11 Å². The smallest absolute Gasteiger partial charge is 0.174 e. The lowest BCUT2D eigenvalue weighted by atomic mass is 9.59. The predicted molar refractivity (Wildman–Crippen MR) is 79.1 cm³/mol. The van der Waals surface area contributed by atoms with Crippen LogP contribution in [-0.2, 0) is 18.9 Å². The zero-order valence-corrected chi connectivity index (χ0v) is 13.5. The predicted octanol–water partition coefficient (Wildman–Crippen LogP) is 2.07. The molecular weight excluding hydrogens is 284 g/mol. The molecule has 2 aliphatic heterocycles. The molecule has 0 unspecified atom stereocenters. The summed E-state index contributed by atoms with van der Waals surface area (Å²) in [7, 11) is 0. The summed E-state index contributed by atoms with van der Waals surface area (Å²) in [5.74, 6) is -0.0178. The van der Waals surface area contributed by atoms with E-state index in [-0.39, 0.29) is 12.0 Å². The lowest BCUT2D eigenvalue weighted by molar-refractivity contribution is -0.288. The van der Waals surface area contributed by atoms with Crippen molar-refractivity contribution in [2.24, 2.45) is 17.3 Å². The van der Waals surface area contributed by atoms with Crippen LogP contribution in [0.3, 0.4) is 0 Å². The Balaban J connectivity index is 1.65. The van der Waals surface area contributed by atoms with Gasteiger partial charge in [-0.2, -0.15) is 0 Å². The molecule has 5 nitrogen and oxygen atoms in total. The molecule has 2 saturated heterocycles. The number of hydrogen-bond acceptors (Lipinski definition) is 5. The van der Waals surface area contributed by atoms with Gasteiger partial charge in [-0.1, -0.05) is 6.92 Å². The largest absolute Gasteiger partial charge is 0.396 e. The molecule has 2 saturated carbocycles. The molecule has 2 spiro atoms. The first-order valence-electron chi connectivity index (χ1n) is 8.83. The molecule has 0 aromatic carbocycles. The van der Waals surface area contributed by atoms with Gasteiger partial charge in [0.1, 0.15) is 0 Å². The minimum absolute atomic E-state index is 0.0319. The van der Waals surface area contributed by atoms with Gasteiger partial charge in [-0.05, 0) is 31.6 Å². The van der Waals surface area contributed by atoms with Crippen LogP contribution < -0.4 is 0 Å². The van der Waals surface area contributed by atoms with Crippen LogP contribution in [0.15, 0.2) is 0 Å². The zero-order chi connectivity index (χ0) is 15.3. The van der Waals surface area contributed by atoms with Crippen LogP contribution in [0, 0.1) is 17.3 Å². The van der Waals surface area contributed by atoms with E-state index in [1.807, 2.05) is 0 Å². The Morgan fingerprint density at radius 3 is 2.32 bits per heavy atom. The van der Waals surface area contributed by atoms with Gasteiger partial charge in [-0.15, -0.1) is 0 Å². The summed E-state index contributed by atoms with van der Waals surface area (Å²) < 4.78 is 24.5. The summed E-state index contributed by atoms with van der Waals surface area (Å²) in [5, 5.41) is 9.31. The van der Waals surface area contributed by atoms with Crippen LogP contribution in [0.2, 0.25) is 0 Å². The number of aliphatic hydroxyl groups excluding tert-OH is 1. The first kappa shape index (κ1) is 15.3. The van der Waals surface area contributed by atoms with Crippen molar-refractivity contribution in [2.75, 3.05) is 33.0 Å². The molecule has 5 heteroatoms. The van der Waals surface area contributed by atoms with E-state index in [0.29, 0.717) is 38.3 Å². The fraction of sp³-hybridized carbons (Fsp3) is 1.00. The average molecular weight is 312 g/mol. The van der Waals surface area contributed by atoms with Crippen LogP contribution in [-0.4, -0.2) is 49.7 Å². The van der Waals surface area contributed by atoms with Gasteiger partial charge in [-0.3, -0.25) is 0 Å². The first-order chi connectivity index (χ1) is 10.7. The van der Waals surface area contributed by atoms with Crippen molar-refractivity contribution in [2.45, 2.75) is 57.0 Å². The Morgan fingerprint density at radius 2 is 1.64 bits per heavy atom. The Morgan fingerprint density at radius 1 is 0.955 bits per heavy atom. The third-order valence-electron chi connectivity index (χ3n) is 6.72. The molecule has 4 rings (SSSR count). The van der Waals surface area contributed by atoms with Crippen molar-refractivity contribution in [1.82, 2.24) is 0 Å². The van der Waals surface area contributed by atoms with Crippen LogP contribution in [0.5, 0.6) is 0 Å². The van der Waals surface area contributed by atoms with E-state index in [2.05, 4.69) is 6.92 Å². The molecule has 4 fully saturated rings. The lowest BCUT2D eigenvalue weighted by Gasteiger charge is -2.53. The summed E-state index contributed by atoms with van der Waals surface area (Å²) >= 11 is 0. The molecule has 0 aromatic rings. The van der Waals surface area contributed by atoms with E-state index >= 15 is 0 Å². The molecule has 0 bridgehead atoms. The van der Waals surface area contributed by atoms with Crippen molar-refractivity contribution in [3.8, 4) is 0 Å². The number of ether oxygens (including phenoxy) is 4. The Hall–Kier alpha value is -0.200. The van der Waals surface area contributed by atoms with E-state index in [4.69, 9.17) is 18.9 Å². The molecule has 22 heavy (non-hydrogen) atoms. The van der Waals surface area contributed by atoms with Gasteiger partial charge in [0, 0.05) is 30.8 Å². The first-order valence-corrected chi connectivity index (χ1v) is 8.83. The summed E-state index contributed by atoms with van der Waals surface area (Å²) in [6.07, 6.45) is 5.76. The van der Waals surface area contributed by atoms with Gasteiger partial charge in [0.25, 0.3) is 0 Å². The van der Waals surface area contributed by atoms with Crippen molar-refractivity contribution in [1.29, 1.82) is 0 Å². The minimum Gasteiger partial charge on any atom is -0.396 e. The average Bonchev–Trinajstić information content (AvgIpc) is 3.23. The van der Waals surface area contributed by atoms with Crippen LogP contribution >= 0.6 is 0 Å². The highest BCUT2D eigenvalue weighted by Crippen LogP contribution is 2.65. The van der Waals surface area contributed by atoms with Crippen LogP contribution in [0.1, 0.15) is 45.4 Å². The van der Waals surface area contributed by atoms with Crippen molar-refractivity contribution >= 4 is 0 Å². The second-order valence-electron chi connectivity index (χ2n) is 7.49. The maximum atomic E-state index is 9.31. The van der Waals surface area contributed by atoms with Crippen molar-refractivity contribution in [3.05, 3.63) is 0 Å². The highest BCUT2D eigenvalue weighted by Gasteiger charge is 2.68. The molecule has 2 aliphatic carbocycles. The molecule has 4 aliphatic rings. The van der Waals surface area contributed by atoms with Crippen molar-refractivity contribution in [3.63, 3.8) is 0 Å². The Kier molecular flexibility index (Phi) is 3.78. The van der Waals surface area contributed by atoms with Crippen LogP contribution in [0.4, 0.5) is 0 Å². The second-order valence-corrected chi connectivity index (χ2v) is 7.49. The molecular formula is C17H28O5. The van der Waals surface area contributed by atoms with Crippen molar-refractivity contribution < 1.29 is 24.1 Å². The summed E-state index contributed by atoms with van der Waals surface area (Å²) in [5.41, 5.74) is 0.0319. The number of fused-ring (bicyclic) bond motifs is 2. The molecule has 2 heterocycles. The summed E-state index contributed by atoms with van der Waals surface area (Å²) in [4.78, 5) is 0.